The molecule has 4 N–H and O–H groups in total. The van der Waals surface area contributed by atoms with E-state index in [4.69, 9.17) is 11.5 Å². The van der Waals surface area contributed by atoms with Gasteiger partial charge in [-0.25, -0.2) is 4.99 Å². The average Bonchev–Trinajstić information content (AvgIpc) is 2.36. The molecule has 98 valence electrons. The van der Waals surface area contributed by atoms with Crippen LogP contribution in [0.1, 0.15) is 19.4 Å². The van der Waals surface area contributed by atoms with E-state index in [0.717, 1.165) is 33.8 Å². The van der Waals surface area contributed by atoms with Gasteiger partial charge in [0, 0.05) is 11.3 Å². The quantitative estimate of drug-likeness (QED) is 0.597. The van der Waals surface area contributed by atoms with Crippen LogP contribution in [0.4, 0.5) is 11.4 Å². The van der Waals surface area contributed by atoms with E-state index in [1.54, 1.807) is 0 Å². The zero-order valence-corrected chi connectivity index (χ0v) is 11.3. The van der Waals surface area contributed by atoms with E-state index in [2.05, 4.69) is 4.99 Å². The Labute approximate surface area is 112 Å². The summed E-state index contributed by atoms with van der Waals surface area (Å²) in [5.41, 5.74) is 16.6. The molecule has 1 aliphatic carbocycles. The Morgan fingerprint density at radius 2 is 1.79 bits per heavy atom. The van der Waals surface area contributed by atoms with Gasteiger partial charge in [-0.15, -0.1) is 0 Å². The molecule has 0 amide bonds. The van der Waals surface area contributed by atoms with Gasteiger partial charge >= 0.3 is 0 Å². The number of benzene rings is 1. The number of nitrogens with zero attached hydrogens (tertiary/aromatic N) is 1. The maximum Gasteiger partial charge on any atom is 0.202 e. The van der Waals surface area contributed by atoms with Crippen molar-refractivity contribution in [1.29, 1.82) is 0 Å². The van der Waals surface area contributed by atoms with Crippen molar-refractivity contribution in [3.05, 3.63) is 46.7 Å². The third kappa shape index (κ3) is 2.42. The molecule has 0 saturated carbocycles. The molecule has 0 spiro atoms. The molecule has 19 heavy (non-hydrogen) atoms. The molecule has 0 aromatic heterocycles. The summed E-state index contributed by atoms with van der Waals surface area (Å²) in [6.07, 6.45) is 1.52. The van der Waals surface area contributed by atoms with E-state index < -0.39 is 0 Å². The first kappa shape index (κ1) is 13.1. The Bertz CT molecular complexity index is 651. The number of carbonyl (C=O) groups is 1. The van der Waals surface area contributed by atoms with Crippen molar-refractivity contribution < 1.29 is 4.79 Å². The van der Waals surface area contributed by atoms with E-state index in [1.165, 1.54) is 6.08 Å². The molecule has 1 aromatic rings. The molecule has 0 unspecified atom stereocenters. The monoisotopic (exact) mass is 255 g/mol. The van der Waals surface area contributed by atoms with Crippen molar-refractivity contribution in [3.63, 3.8) is 0 Å². The number of carbonyl (C=O) groups excluding carboxylic acids is 1. The van der Waals surface area contributed by atoms with Crippen LogP contribution in [0, 0.1) is 6.92 Å². The van der Waals surface area contributed by atoms with Gasteiger partial charge in [-0.05, 0) is 56.2 Å². The number of aliphatic imine (C=N–C) groups is 1. The van der Waals surface area contributed by atoms with E-state index >= 15 is 0 Å². The Morgan fingerprint density at radius 3 is 2.42 bits per heavy atom. The molecule has 0 heterocycles. The SMILES string of the molecule is CC1=CC(=O)C(N)=C(C)C1=Nc1ccc(N)c(C)c1. The van der Waals surface area contributed by atoms with Gasteiger partial charge in [0.05, 0.1) is 17.1 Å². The molecule has 1 aliphatic rings. The lowest BCUT2D eigenvalue weighted by molar-refractivity contribution is -0.111. The lowest BCUT2D eigenvalue weighted by atomic mass is 9.94. The second kappa shape index (κ2) is 4.72. The average molecular weight is 255 g/mol. The van der Waals surface area contributed by atoms with E-state index in [1.807, 2.05) is 39.0 Å². The highest BCUT2D eigenvalue weighted by atomic mass is 16.1. The molecule has 4 heteroatoms. The smallest absolute Gasteiger partial charge is 0.202 e. The molecular weight excluding hydrogens is 238 g/mol. The fourth-order valence-electron chi connectivity index (χ4n) is 1.98. The van der Waals surface area contributed by atoms with Crippen molar-refractivity contribution in [2.75, 3.05) is 5.73 Å². The number of nitrogens with two attached hydrogens (primary N) is 2. The van der Waals surface area contributed by atoms with Gasteiger partial charge in [0.1, 0.15) is 0 Å². The number of ketones is 1. The Morgan fingerprint density at radius 1 is 1.11 bits per heavy atom. The minimum atomic E-state index is -0.151. The first-order valence-electron chi connectivity index (χ1n) is 6.04. The van der Waals surface area contributed by atoms with Gasteiger partial charge in [0.25, 0.3) is 0 Å². The number of hydrogen-bond acceptors (Lipinski definition) is 4. The summed E-state index contributed by atoms with van der Waals surface area (Å²) in [5.74, 6) is -0.151. The summed E-state index contributed by atoms with van der Waals surface area (Å²) in [4.78, 5) is 16.2. The number of hydrogen-bond donors (Lipinski definition) is 2. The van der Waals surface area contributed by atoms with Gasteiger partial charge in [0.15, 0.2) is 0 Å². The molecule has 0 aliphatic heterocycles. The number of nitrogen functional groups attached to an aromatic ring is 1. The van der Waals surface area contributed by atoms with E-state index in [9.17, 15) is 4.79 Å². The summed E-state index contributed by atoms with van der Waals surface area (Å²) >= 11 is 0. The predicted octanol–water partition coefficient (Wildman–Crippen LogP) is 2.41. The number of allylic oxidation sites excluding steroid dienone is 3. The first-order chi connectivity index (χ1) is 8.90. The lowest BCUT2D eigenvalue weighted by Gasteiger charge is -2.15. The first-order valence-corrected chi connectivity index (χ1v) is 6.04. The number of aryl methyl sites for hydroxylation is 1. The van der Waals surface area contributed by atoms with Crippen LogP contribution in [0.5, 0.6) is 0 Å². The second-order valence-electron chi connectivity index (χ2n) is 4.73. The van der Waals surface area contributed by atoms with Crippen LogP contribution in [0.15, 0.2) is 46.1 Å². The van der Waals surface area contributed by atoms with Gasteiger partial charge in [-0.1, -0.05) is 0 Å². The highest BCUT2D eigenvalue weighted by Crippen LogP contribution is 2.24. The fourth-order valence-corrected chi connectivity index (χ4v) is 1.98. The molecule has 0 bridgehead atoms. The van der Waals surface area contributed by atoms with Crippen molar-refractivity contribution in [2.24, 2.45) is 10.7 Å². The minimum Gasteiger partial charge on any atom is -0.399 e. The maximum atomic E-state index is 11.6. The molecule has 0 radical (unpaired) electrons. The van der Waals surface area contributed by atoms with Crippen LogP contribution in [-0.4, -0.2) is 11.5 Å². The Hall–Kier alpha value is -2.36. The molecule has 0 atom stereocenters. The van der Waals surface area contributed by atoms with Crippen LogP contribution in [0.2, 0.25) is 0 Å². The second-order valence-corrected chi connectivity index (χ2v) is 4.73. The Balaban J connectivity index is 2.50. The summed E-state index contributed by atoms with van der Waals surface area (Å²) in [7, 11) is 0. The molecule has 0 fully saturated rings. The summed E-state index contributed by atoms with van der Waals surface area (Å²) < 4.78 is 0. The molecule has 1 aromatic carbocycles. The minimum absolute atomic E-state index is 0.151. The van der Waals surface area contributed by atoms with Gasteiger partial charge in [-0.3, -0.25) is 4.79 Å². The third-order valence-electron chi connectivity index (χ3n) is 3.24. The van der Waals surface area contributed by atoms with Crippen LogP contribution in [-0.2, 0) is 4.79 Å². The van der Waals surface area contributed by atoms with Crippen LogP contribution >= 0.6 is 0 Å². The number of anilines is 1. The standard InChI is InChI=1S/C15H17N3O/c1-8-6-11(4-5-12(8)16)18-15-9(2)7-13(19)14(17)10(15)3/h4-7H,16-17H2,1-3H3. The molecular formula is C15H17N3O. The fraction of sp³-hybridized carbons (Fsp3) is 0.200. The van der Waals surface area contributed by atoms with E-state index in [-0.39, 0.29) is 11.5 Å². The maximum absolute atomic E-state index is 11.6. The van der Waals surface area contributed by atoms with Crippen LogP contribution < -0.4 is 11.5 Å². The zero-order chi connectivity index (χ0) is 14.2. The topological polar surface area (TPSA) is 81.5 Å². The largest absolute Gasteiger partial charge is 0.399 e. The van der Waals surface area contributed by atoms with Crippen LogP contribution in [0.25, 0.3) is 0 Å². The van der Waals surface area contributed by atoms with Gasteiger partial charge in [0.2, 0.25) is 5.78 Å². The predicted molar refractivity (Wildman–Crippen MR) is 78.3 cm³/mol. The van der Waals surface area contributed by atoms with Crippen molar-refractivity contribution >= 4 is 22.9 Å². The summed E-state index contributed by atoms with van der Waals surface area (Å²) in [6, 6.07) is 5.59. The van der Waals surface area contributed by atoms with Crippen molar-refractivity contribution in [2.45, 2.75) is 20.8 Å². The van der Waals surface area contributed by atoms with Crippen molar-refractivity contribution in [1.82, 2.24) is 0 Å². The zero-order valence-electron chi connectivity index (χ0n) is 11.3. The van der Waals surface area contributed by atoms with Gasteiger partial charge in [-0.2, -0.15) is 0 Å². The summed E-state index contributed by atoms with van der Waals surface area (Å²) in [5, 5.41) is 0. The Kier molecular flexibility index (Phi) is 3.25. The lowest BCUT2D eigenvalue weighted by Crippen LogP contribution is -2.21. The molecule has 4 nitrogen and oxygen atoms in total. The van der Waals surface area contributed by atoms with Crippen LogP contribution in [0.3, 0.4) is 0 Å². The van der Waals surface area contributed by atoms with Crippen molar-refractivity contribution in [3.8, 4) is 0 Å². The highest BCUT2D eigenvalue weighted by molar-refractivity contribution is 6.24. The molecule has 0 saturated heterocycles. The number of rotatable bonds is 1. The van der Waals surface area contributed by atoms with E-state index in [0.29, 0.717) is 0 Å². The highest BCUT2D eigenvalue weighted by Gasteiger charge is 2.19. The summed E-state index contributed by atoms with van der Waals surface area (Å²) in [6.45, 7) is 5.60. The molecule has 2 rings (SSSR count). The third-order valence-corrected chi connectivity index (χ3v) is 3.24. The van der Waals surface area contributed by atoms with Gasteiger partial charge < -0.3 is 11.5 Å². The normalized spacial score (nSPS) is 17.9.